The van der Waals surface area contributed by atoms with E-state index in [2.05, 4.69) is 20.2 Å². The van der Waals surface area contributed by atoms with Gasteiger partial charge in [-0.05, 0) is 43.6 Å². The van der Waals surface area contributed by atoms with E-state index in [1.165, 1.54) is 6.20 Å². The Balaban J connectivity index is 1.27. The highest BCUT2D eigenvalue weighted by Gasteiger charge is 2.27. The van der Waals surface area contributed by atoms with Gasteiger partial charge in [0.2, 0.25) is 12.7 Å². The number of aliphatic hydroxyl groups excluding tert-OH is 1. The minimum absolute atomic E-state index is 0.0218. The molecule has 1 aromatic heterocycles. The Morgan fingerprint density at radius 1 is 1.26 bits per heavy atom. The van der Waals surface area contributed by atoms with Crippen LogP contribution < -0.4 is 14.8 Å². The second kappa shape index (κ2) is 7.89. The zero-order valence-corrected chi connectivity index (χ0v) is 14.9. The number of rotatable bonds is 5. The Hall–Kier alpha value is -2.71. The average Bonchev–Trinajstić information content (AvgIpc) is 3.17. The summed E-state index contributed by atoms with van der Waals surface area (Å²) in [6.07, 6.45) is 5.55. The van der Waals surface area contributed by atoms with Gasteiger partial charge in [0, 0.05) is 24.9 Å². The van der Waals surface area contributed by atoms with Crippen LogP contribution in [0.3, 0.4) is 0 Å². The number of anilines is 1. The van der Waals surface area contributed by atoms with Gasteiger partial charge in [-0.2, -0.15) is 0 Å². The molecule has 142 valence electrons. The molecule has 2 aliphatic heterocycles. The highest BCUT2D eigenvalue weighted by atomic mass is 16.7. The van der Waals surface area contributed by atoms with E-state index in [1.54, 1.807) is 12.4 Å². The van der Waals surface area contributed by atoms with Crippen LogP contribution in [-0.2, 0) is 4.79 Å². The molecular weight excluding hydrogens is 348 g/mol. The van der Waals surface area contributed by atoms with E-state index in [0.717, 1.165) is 31.5 Å². The van der Waals surface area contributed by atoms with Crippen LogP contribution in [0.4, 0.5) is 5.82 Å². The molecule has 1 aromatic carbocycles. The normalized spacial score (nSPS) is 18.3. The fraction of sp³-hybridized carbons (Fsp3) is 0.421. The third-order valence-electron chi connectivity index (χ3n) is 4.99. The van der Waals surface area contributed by atoms with Crippen molar-refractivity contribution in [2.75, 3.05) is 31.7 Å². The first-order valence-electron chi connectivity index (χ1n) is 9.06. The lowest BCUT2D eigenvalue weighted by Crippen LogP contribution is -2.40. The minimum Gasteiger partial charge on any atom is -0.454 e. The van der Waals surface area contributed by atoms with Crippen LogP contribution in [0.2, 0.25) is 0 Å². The monoisotopic (exact) mass is 370 g/mol. The van der Waals surface area contributed by atoms with Crippen LogP contribution in [-0.4, -0.2) is 52.3 Å². The number of hydrogen-bond acceptors (Lipinski definition) is 7. The Kier molecular flexibility index (Phi) is 5.17. The molecule has 0 spiro atoms. The minimum atomic E-state index is -0.607. The van der Waals surface area contributed by atoms with E-state index >= 15 is 0 Å². The van der Waals surface area contributed by atoms with Crippen molar-refractivity contribution >= 4 is 11.7 Å². The first-order valence-corrected chi connectivity index (χ1v) is 9.06. The molecule has 1 saturated heterocycles. The molecule has 0 saturated carbocycles. The summed E-state index contributed by atoms with van der Waals surface area (Å²) in [6.45, 7) is 2.28. The number of ether oxygens (including phenoxy) is 2. The number of piperidine rings is 1. The molecule has 1 fully saturated rings. The van der Waals surface area contributed by atoms with E-state index in [1.807, 2.05) is 18.2 Å². The second-order valence-corrected chi connectivity index (χ2v) is 6.78. The first kappa shape index (κ1) is 17.7. The maximum atomic E-state index is 12.4. The average molecular weight is 370 g/mol. The standard InChI is InChI=1S/C19H22N4O4/c24-15(14-1-2-16-17(9-14)27-12-26-16)11-23-7-3-13(4-8-23)19(25)22-18-10-20-5-6-21-18/h1-2,5-6,9-10,13,15,24H,3-4,7-8,11-12H2,(H,21,22,25)/t15-/m1/s1. The zero-order valence-electron chi connectivity index (χ0n) is 14.9. The number of fused-ring (bicyclic) bond motifs is 1. The van der Waals surface area contributed by atoms with Gasteiger partial charge in [-0.3, -0.25) is 9.78 Å². The van der Waals surface area contributed by atoms with Gasteiger partial charge in [0.25, 0.3) is 0 Å². The number of likely N-dealkylation sites (tertiary alicyclic amines) is 1. The predicted octanol–water partition coefficient (Wildman–Crippen LogP) is 1.59. The summed E-state index contributed by atoms with van der Waals surface area (Å²) in [6, 6.07) is 5.51. The van der Waals surface area contributed by atoms with E-state index in [9.17, 15) is 9.90 Å². The fourth-order valence-corrected chi connectivity index (χ4v) is 3.44. The lowest BCUT2D eigenvalue weighted by Gasteiger charge is -2.32. The highest BCUT2D eigenvalue weighted by Crippen LogP contribution is 2.34. The van der Waals surface area contributed by atoms with Crippen molar-refractivity contribution in [3.05, 3.63) is 42.4 Å². The van der Waals surface area contributed by atoms with Gasteiger partial charge in [0.1, 0.15) is 0 Å². The van der Waals surface area contributed by atoms with Crippen LogP contribution in [0.15, 0.2) is 36.8 Å². The number of benzene rings is 1. The maximum Gasteiger partial charge on any atom is 0.231 e. The van der Waals surface area contributed by atoms with E-state index in [-0.39, 0.29) is 18.6 Å². The molecule has 3 heterocycles. The summed E-state index contributed by atoms with van der Waals surface area (Å²) in [7, 11) is 0. The van der Waals surface area contributed by atoms with Gasteiger partial charge in [-0.25, -0.2) is 4.98 Å². The molecule has 2 N–H and O–H groups in total. The number of aromatic nitrogens is 2. The molecule has 1 atom stereocenters. The van der Waals surface area contributed by atoms with Crippen molar-refractivity contribution in [2.45, 2.75) is 18.9 Å². The molecule has 2 aliphatic rings. The smallest absolute Gasteiger partial charge is 0.231 e. The summed E-state index contributed by atoms with van der Waals surface area (Å²) >= 11 is 0. The van der Waals surface area contributed by atoms with E-state index in [0.29, 0.717) is 23.9 Å². The first-order chi connectivity index (χ1) is 13.2. The number of carbonyl (C=O) groups is 1. The SMILES string of the molecule is O=C(Nc1cnccn1)C1CCN(C[C@@H](O)c2ccc3c(c2)OCO3)CC1. The Morgan fingerprint density at radius 3 is 2.85 bits per heavy atom. The molecule has 8 heteroatoms. The largest absolute Gasteiger partial charge is 0.454 e. The number of carbonyl (C=O) groups excluding carboxylic acids is 1. The summed E-state index contributed by atoms with van der Waals surface area (Å²) in [5, 5.41) is 13.4. The molecule has 0 aliphatic carbocycles. The van der Waals surface area contributed by atoms with Crippen molar-refractivity contribution < 1.29 is 19.4 Å². The van der Waals surface area contributed by atoms with Crippen molar-refractivity contribution in [1.82, 2.24) is 14.9 Å². The van der Waals surface area contributed by atoms with Gasteiger partial charge in [-0.15, -0.1) is 0 Å². The lowest BCUT2D eigenvalue weighted by molar-refractivity contribution is -0.121. The third-order valence-corrected chi connectivity index (χ3v) is 4.99. The zero-order chi connectivity index (χ0) is 18.6. The van der Waals surface area contributed by atoms with Crippen molar-refractivity contribution in [1.29, 1.82) is 0 Å². The molecular formula is C19H22N4O4. The summed E-state index contributed by atoms with van der Waals surface area (Å²) < 4.78 is 10.7. The number of aliphatic hydroxyl groups is 1. The van der Waals surface area contributed by atoms with Crippen molar-refractivity contribution in [3.63, 3.8) is 0 Å². The van der Waals surface area contributed by atoms with Gasteiger partial charge in [0.15, 0.2) is 17.3 Å². The van der Waals surface area contributed by atoms with Crippen molar-refractivity contribution in [3.8, 4) is 11.5 Å². The summed E-state index contributed by atoms with van der Waals surface area (Å²) in [5.74, 6) is 1.78. The maximum absolute atomic E-state index is 12.4. The van der Waals surface area contributed by atoms with Crippen LogP contribution in [0, 0.1) is 5.92 Å². The predicted molar refractivity (Wildman–Crippen MR) is 97.4 cm³/mol. The molecule has 2 aromatic rings. The molecule has 27 heavy (non-hydrogen) atoms. The third kappa shape index (κ3) is 4.17. The van der Waals surface area contributed by atoms with E-state index in [4.69, 9.17) is 9.47 Å². The van der Waals surface area contributed by atoms with Gasteiger partial charge in [-0.1, -0.05) is 6.07 Å². The van der Waals surface area contributed by atoms with Crippen LogP contribution >= 0.6 is 0 Å². The molecule has 0 radical (unpaired) electrons. The number of β-amino-alcohol motifs (C(OH)–C–C–N with tert-alkyl or cyclic N) is 1. The molecule has 0 unspecified atom stereocenters. The fourth-order valence-electron chi connectivity index (χ4n) is 3.44. The quantitative estimate of drug-likeness (QED) is 0.825. The lowest BCUT2D eigenvalue weighted by atomic mass is 9.95. The number of amides is 1. The Bertz CT molecular complexity index is 794. The van der Waals surface area contributed by atoms with Gasteiger partial charge in [0.05, 0.1) is 12.3 Å². The van der Waals surface area contributed by atoms with Crippen molar-refractivity contribution in [2.24, 2.45) is 5.92 Å². The summed E-state index contributed by atoms with van der Waals surface area (Å²) in [5.41, 5.74) is 0.807. The number of nitrogens with zero attached hydrogens (tertiary/aromatic N) is 3. The van der Waals surface area contributed by atoms with Crippen LogP contribution in [0.5, 0.6) is 11.5 Å². The molecule has 4 rings (SSSR count). The van der Waals surface area contributed by atoms with Gasteiger partial charge >= 0.3 is 0 Å². The number of hydrogen-bond donors (Lipinski definition) is 2. The highest BCUT2D eigenvalue weighted by molar-refractivity contribution is 5.91. The number of nitrogens with one attached hydrogen (secondary N) is 1. The molecule has 0 bridgehead atoms. The summed E-state index contributed by atoms with van der Waals surface area (Å²) in [4.78, 5) is 22.6. The van der Waals surface area contributed by atoms with Gasteiger partial charge < -0.3 is 24.8 Å². The second-order valence-electron chi connectivity index (χ2n) is 6.78. The Labute approximate surface area is 157 Å². The molecule has 8 nitrogen and oxygen atoms in total. The topological polar surface area (TPSA) is 96.8 Å². The molecule has 1 amide bonds. The Morgan fingerprint density at radius 2 is 2.07 bits per heavy atom. The van der Waals surface area contributed by atoms with Crippen LogP contribution in [0.25, 0.3) is 0 Å². The van der Waals surface area contributed by atoms with E-state index < -0.39 is 6.10 Å². The van der Waals surface area contributed by atoms with Crippen LogP contribution in [0.1, 0.15) is 24.5 Å².